The van der Waals surface area contributed by atoms with E-state index in [9.17, 15) is 14.4 Å². The minimum absolute atomic E-state index is 0.102. The average Bonchev–Trinajstić information content (AvgIpc) is 2.83. The molecule has 0 spiro atoms. The minimum atomic E-state index is -0.496. The molecule has 0 fully saturated rings. The van der Waals surface area contributed by atoms with Gasteiger partial charge < -0.3 is 19.2 Å². The van der Waals surface area contributed by atoms with Crippen molar-refractivity contribution in [1.82, 2.24) is 0 Å². The number of anilines is 1. The number of halogens is 1. The highest BCUT2D eigenvalue weighted by atomic mass is 35.5. The molecule has 1 amide bonds. The quantitative estimate of drug-likeness (QED) is 0.313. The van der Waals surface area contributed by atoms with Crippen LogP contribution in [0.3, 0.4) is 0 Å². The fourth-order valence-electron chi connectivity index (χ4n) is 3.87. The van der Waals surface area contributed by atoms with E-state index >= 15 is 0 Å². The van der Waals surface area contributed by atoms with E-state index in [2.05, 4.69) is 5.32 Å². The number of carbonyl (C=O) groups is 2. The van der Waals surface area contributed by atoms with Crippen LogP contribution in [0.15, 0.2) is 69.9 Å². The van der Waals surface area contributed by atoms with Crippen molar-refractivity contribution in [3.05, 3.63) is 92.6 Å². The van der Waals surface area contributed by atoms with Gasteiger partial charge in [0, 0.05) is 11.3 Å². The van der Waals surface area contributed by atoms with Crippen LogP contribution in [0.2, 0.25) is 5.02 Å². The Balaban J connectivity index is 1.63. The van der Waals surface area contributed by atoms with Gasteiger partial charge in [0.2, 0.25) is 11.2 Å². The molecule has 1 heterocycles. The number of fused-ring (bicyclic) bond motifs is 1. The Morgan fingerprint density at radius 2 is 1.75 bits per heavy atom. The molecular weight excluding hydrogens is 482 g/mol. The smallest absolute Gasteiger partial charge is 0.338 e. The van der Waals surface area contributed by atoms with Gasteiger partial charge in [-0.25, -0.2) is 4.79 Å². The topological polar surface area (TPSA) is 94.8 Å². The largest absolute Gasteiger partial charge is 0.476 e. The van der Waals surface area contributed by atoms with Crippen molar-refractivity contribution in [3.63, 3.8) is 0 Å². The third-order valence-electron chi connectivity index (χ3n) is 5.44. The van der Waals surface area contributed by atoms with Crippen LogP contribution in [0.25, 0.3) is 22.3 Å². The van der Waals surface area contributed by atoms with Gasteiger partial charge in [-0.05, 0) is 74.4 Å². The monoisotopic (exact) mass is 505 g/mol. The maximum absolute atomic E-state index is 13.5. The second kappa shape index (κ2) is 10.7. The maximum atomic E-state index is 13.5. The number of amides is 1. The van der Waals surface area contributed by atoms with Crippen LogP contribution in [0, 0.1) is 13.8 Å². The summed E-state index contributed by atoms with van der Waals surface area (Å²) in [5.74, 6) is -0.895. The molecule has 1 N–H and O–H groups in total. The highest BCUT2D eigenvalue weighted by Crippen LogP contribution is 2.36. The fourth-order valence-corrected chi connectivity index (χ4v) is 4.09. The van der Waals surface area contributed by atoms with E-state index in [4.69, 9.17) is 25.5 Å². The predicted octanol–water partition coefficient (Wildman–Crippen LogP) is 5.92. The Kier molecular flexibility index (Phi) is 7.41. The molecule has 0 atom stereocenters. The number of ether oxygens (including phenoxy) is 2. The summed E-state index contributed by atoms with van der Waals surface area (Å²) in [4.78, 5) is 37.9. The number of rotatable bonds is 7. The van der Waals surface area contributed by atoms with Gasteiger partial charge in [-0.15, -0.1) is 0 Å². The summed E-state index contributed by atoms with van der Waals surface area (Å²) >= 11 is 6.39. The van der Waals surface area contributed by atoms with E-state index in [1.165, 1.54) is 0 Å². The van der Waals surface area contributed by atoms with Crippen LogP contribution >= 0.6 is 11.6 Å². The zero-order valence-electron chi connectivity index (χ0n) is 20.0. The molecule has 7 nitrogen and oxygen atoms in total. The summed E-state index contributed by atoms with van der Waals surface area (Å²) in [6.45, 7) is 5.28. The van der Waals surface area contributed by atoms with Gasteiger partial charge in [-0.1, -0.05) is 29.8 Å². The third kappa shape index (κ3) is 5.26. The lowest BCUT2D eigenvalue weighted by atomic mass is 10.0. The molecule has 36 heavy (non-hydrogen) atoms. The summed E-state index contributed by atoms with van der Waals surface area (Å²) in [6, 6.07) is 16.8. The van der Waals surface area contributed by atoms with Crippen LogP contribution in [0.5, 0.6) is 5.75 Å². The predicted molar refractivity (Wildman–Crippen MR) is 139 cm³/mol. The van der Waals surface area contributed by atoms with E-state index < -0.39 is 23.9 Å². The summed E-state index contributed by atoms with van der Waals surface area (Å²) in [5.41, 5.74) is 2.99. The Hall–Kier alpha value is -4.10. The lowest BCUT2D eigenvalue weighted by Gasteiger charge is -2.14. The SMILES string of the molecule is CCOC(=O)c1ccc(NC(=O)COc2c(-c3ccccc3Cl)oc3cc(C)cc(C)c3c2=O)cc1. The Labute approximate surface area is 212 Å². The van der Waals surface area contributed by atoms with Gasteiger partial charge in [-0.2, -0.15) is 0 Å². The Bertz CT molecular complexity index is 1510. The molecular formula is C28H24ClNO6. The molecule has 0 aliphatic carbocycles. The van der Waals surface area contributed by atoms with Gasteiger partial charge in [0.25, 0.3) is 5.91 Å². The lowest BCUT2D eigenvalue weighted by molar-refractivity contribution is -0.118. The van der Waals surface area contributed by atoms with E-state index in [1.54, 1.807) is 61.5 Å². The third-order valence-corrected chi connectivity index (χ3v) is 5.77. The van der Waals surface area contributed by atoms with Crippen LogP contribution < -0.4 is 15.5 Å². The first-order valence-electron chi connectivity index (χ1n) is 11.3. The first-order chi connectivity index (χ1) is 17.3. The van der Waals surface area contributed by atoms with E-state index in [-0.39, 0.29) is 18.1 Å². The number of hydrogen-bond donors (Lipinski definition) is 1. The average molecular weight is 506 g/mol. The molecule has 0 bridgehead atoms. The molecule has 0 radical (unpaired) electrons. The number of nitrogens with one attached hydrogen (secondary N) is 1. The van der Waals surface area contributed by atoms with Gasteiger partial charge in [0.05, 0.1) is 22.6 Å². The Morgan fingerprint density at radius 3 is 2.44 bits per heavy atom. The molecule has 0 saturated heterocycles. The fraction of sp³-hybridized carbons (Fsp3) is 0.179. The summed E-state index contributed by atoms with van der Waals surface area (Å²) in [5, 5.41) is 3.43. The zero-order valence-corrected chi connectivity index (χ0v) is 20.8. The molecule has 0 aliphatic rings. The molecule has 0 unspecified atom stereocenters. The molecule has 8 heteroatoms. The zero-order chi connectivity index (χ0) is 25.8. The second-order valence-corrected chi connectivity index (χ2v) is 8.57. The first-order valence-corrected chi connectivity index (χ1v) is 11.7. The van der Waals surface area contributed by atoms with Gasteiger partial charge in [-0.3, -0.25) is 9.59 Å². The van der Waals surface area contributed by atoms with Gasteiger partial charge >= 0.3 is 5.97 Å². The molecule has 0 aliphatic heterocycles. The number of esters is 1. The van der Waals surface area contributed by atoms with Crippen molar-refractivity contribution in [2.24, 2.45) is 0 Å². The highest BCUT2D eigenvalue weighted by Gasteiger charge is 2.22. The van der Waals surface area contributed by atoms with Crippen molar-refractivity contribution in [3.8, 4) is 17.1 Å². The number of aryl methyl sites for hydroxylation is 2. The van der Waals surface area contributed by atoms with Crippen molar-refractivity contribution in [2.75, 3.05) is 18.5 Å². The van der Waals surface area contributed by atoms with E-state index in [0.29, 0.717) is 32.8 Å². The van der Waals surface area contributed by atoms with E-state index in [0.717, 1.165) is 11.1 Å². The lowest BCUT2D eigenvalue weighted by Crippen LogP contribution is -2.23. The molecule has 4 aromatic rings. The normalized spacial score (nSPS) is 10.8. The standard InChI is InChI=1S/C28H24ClNO6/c1-4-34-28(33)18-9-11-19(12-10-18)30-23(31)15-35-27-25(32)24-17(3)13-16(2)14-22(24)36-26(27)20-7-5-6-8-21(20)29/h5-14H,4,15H2,1-3H3,(H,30,31). The maximum Gasteiger partial charge on any atom is 0.338 e. The van der Waals surface area contributed by atoms with Crippen molar-refractivity contribution >= 4 is 40.1 Å². The molecule has 1 aromatic heterocycles. The Morgan fingerprint density at radius 1 is 1.03 bits per heavy atom. The van der Waals surface area contributed by atoms with Crippen molar-refractivity contribution < 1.29 is 23.5 Å². The van der Waals surface area contributed by atoms with Crippen LogP contribution in [0.4, 0.5) is 5.69 Å². The molecule has 4 rings (SSSR count). The van der Waals surface area contributed by atoms with Gasteiger partial charge in [0.15, 0.2) is 12.4 Å². The van der Waals surface area contributed by atoms with Crippen LogP contribution in [-0.4, -0.2) is 25.1 Å². The summed E-state index contributed by atoms with van der Waals surface area (Å²) in [7, 11) is 0. The van der Waals surface area contributed by atoms with Crippen molar-refractivity contribution in [1.29, 1.82) is 0 Å². The van der Waals surface area contributed by atoms with Crippen LogP contribution in [-0.2, 0) is 9.53 Å². The van der Waals surface area contributed by atoms with Crippen molar-refractivity contribution in [2.45, 2.75) is 20.8 Å². The minimum Gasteiger partial charge on any atom is -0.476 e. The second-order valence-electron chi connectivity index (χ2n) is 8.16. The number of carbonyl (C=O) groups excluding carboxylic acids is 2. The molecule has 3 aromatic carbocycles. The van der Waals surface area contributed by atoms with Crippen LogP contribution in [0.1, 0.15) is 28.4 Å². The first kappa shape index (κ1) is 25.0. The molecule has 184 valence electrons. The highest BCUT2D eigenvalue weighted by molar-refractivity contribution is 6.33. The number of hydrogen-bond acceptors (Lipinski definition) is 6. The number of benzene rings is 3. The van der Waals surface area contributed by atoms with Gasteiger partial charge in [0.1, 0.15) is 5.58 Å². The summed E-state index contributed by atoms with van der Waals surface area (Å²) < 4.78 is 16.8. The van der Waals surface area contributed by atoms with E-state index in [1.807, 2.05) is 19.9 Å². The summed E-state index contributed by atoms with van der Waals surface area (Å²) in [6.07, 6.45) is 0. The molecule has 0 saturated carbocycles.